The van der Waals surface area contributed by atoms with E-state index in [0.717, 1.165) is 30.6 Å². The lowest BCUT2D eigenvalue weighted by Gasteiger charge is -2.30. The summed E-state index contributed by atoms with van der Waals surface area (Å²) in [7, 11) is 0. The fourth-order valence-corrected chi connectivity index (χ4v) is 3.45. The average molecular weight is 223 g/mol. The van der Waals surface area contributed by atoms with Gasteiger partial charge in [0, 0.05) is 18.7 Å². The van der Waals surface area contributed by atoms with Crippen molar-refractivity contribution in [1.82, 2.24) is 5.32 Å². The summed E-state index contributed by atoms with van der Waals surface area (Å²) in [4.78, 5) is 0. The van der Waals surface area contributed by atoms with E-state index in [1.165, 1.54) is 12.8 Å². The first kappa shape index (κ1) is 12.1. The molecule has 0 spiro atoms. The normalized spacial score (nSPS) is 35.6. The first-order valence-corrected chi connectivity index (χ1v) is 6.79. The van der Waals surface area contributed by atoms with E-state index in [0.29, 0.717) is 18.7 Å². The standard InChI is InChI=1S/C14H25NO/c1-3-13(6-7-16)15-10(2)14-9-11-4-5-12(14)8-11/h4-5,10-16H,3,6-9H2,1-2H3. The van der Waals surface area contributed by atoms with Crippen LogP contribution in [-0.4, -0.2) is 23.8 Å². The molecule has 2 nitrogen and oxygen atoms in total. The molecule has 0 amide bonds. The van der Waals surface area contributed by atoms with Gasteiger partial charge in [0.1, 0.15) is 0 Å². The molecule has 0 heterocycles. The summed E-state index contributed by atoms with van der Waals surface area (Å²) in [5.74, 6) is 2.50. The van der Waals surface area contributed by atoms with Crippen molar-refractivity contribution in [3.63, 3.8) is 0 Å². The van der Waals surface area contributed by atoms with Crippen molar-refractivity contribution in [2.24, 2.45) is 17.8 Å². The van der Waals surface area contributed by atoms with E-state index in [2.05, 4.69) is 31.3 Å². The van der Waals surface area contributed by atoms with Gasteiger partial charge in [-0.05, 0) is 50.4 Å². The summed E-state index contributed by atoms with van der Waals surface area (Å²) in [6.45, 7) is 4.81. The third-order valence-corrected chi connectivity index (χ3v) is 4.44. The maximum Gasteiger partial charge on any atom is 0.0445 e. The molecule has 2 aliphatic rings. The molecular weight excluding hydrogens is 198 g/mol. The third kappa shape index (κ3) is 2.49. The Balaban J connectivity index is 1.83. The van der Waals surface area contributed by atoms with Gasteiger partial charge in [-0.1, -0.05) is 19.1 Å². The summed E-state index contributed by atoms with van der Waals surface area (Å²) in [5.41, 5.74) is 0. The Morgan fingerprint density at radius 2 is 2.19 bits per heavy atom. The highest BCUT2D eigenvalue weighted by molar-refractivity contribution is 5.11. The van der Waals surface area contributed by atoms with E-state index in [9.17, 15) is 0 Å². The number of hydrogen-bond donors (Lipinski definition) is 2. The van der Waals surface area contributed by atoms with Gasteiger partial charge >= 0.3 is 0 Å². The highest BCUT2D eigenvalue weighted by Gasteiger charge is 2.38. The number of aliphatic hydroxyl groups is 1. The van der Waals surface area contributed by atoms with Gasteiger partial charge in [0.2, 0.25) is 0 Å². The number of allylic oxidation sites excluding steroid dienone is 2. The largest absolute Gasteiger partial charge is 0.396 e. The van der Waals surface area contributed by atoms with Crippen LogP contribution < -0.4 is 5.32 Å². The number of aliphatic hydroxyl groups excluding tert-OH is 1. The van der Waals surface area contributed by atoms with Gasteiger partial charge < -0.3 is 10.4 Å². The number of hydrogen-bond acceptors (Lipinski definition) is 2. The lowest BCUT2D eigenvalue weighted by atomic mass is 9.87. The number of rotatable bonds is 6. The first-order valence-electron chi connectivity index (χ1n) is 6.79. The Hall–Kier alpha value is -0.340. The summed E-state index contributed by atoms with van der Waals surface area (Å²) < 4.78 is 0. The van der Waals surface area contributed by atoms with Crippen LogP contribution in [0.4, 0.5) is 0 Å². The molecule has 2 rings (SSSR count). The fourth-order valence-electron chi connectivity index (χ4n) is 3.45. The summed E-state index contributed by atoms with van der Waals surface area (Å²) >= 11 is 0. The Morgan fingerprint density at radius 3 is 2.69 bits per heavy atom. The Bertz CT molecular complexity index is 251. The molecule has 1 saturated carbocycles. The molecule has 2 heteroatoms. The molecule has 0 aromatic rings. The van der Waals surface area contributed by atoms with Gasteiger partial charge in [0.05, 0.1) is 0 Å². The van der Waals surface area contributed by atoms with Crippen molar-refractivity contribution in [3.05, 3.63) is 12.2 Å². The van der Waals surface area contributed by atoms with Crippen LogP contribution >= 0.6 is 0 Å². The number of fused-ring (bicyclic) bond motifs is 2. The van der Waals surface area contributed by atoms with Gasteiger partial charge in [0.15, 0.2) is 0 Å². The minimum absolute atomic E-state index is 0.300. The molecule has 1 fully saturated rings. The highest BCUT2D eigenvalue weighted by Crippen LogP contribution is 2.44. The zero-order chi connectivity index (χ0) is 11.5. The number of nitrogens with one attached hydrogen (secondary N) is 1. The predicted octanol–water partition coefficient (Wildman–Crippen LogP) is 2.34. The first-order chi connectivity index (χ1) is 7.74. The second kappa shape index (κ2) is 5.33. The molecule has 2 bridgehead atoms. The van der Waals surface area contributed by atoms with Crippen molar-refractivity contribution >= 4 is 0 Å². The highest BCUT2D eigenvalue weighted by atomic mass is 16.3. The molecule has 2 N–H and O–H groups in total. The van der Waals surface area contributed by atoms with Crippen molar-refractivity contribution < 1.29 is 5.11 Å². The van der Waals surface area contributed by atoms with Crippen molar-refractivity contribution in [2.45, 2.75) is 51.6 Å². The zero-order valence-corrected chi connectivity index (χ0v) is 10.5. The van der Waals surface area contributed by atoms with E-state index >= 15 is 0 Å². The quantitative estimate of drug-likeness (QED) is 0.677. The minimum atomic E-state index is 0.300. The van der Waals surface area contributed by atoms with Crippen LogP contribution in [0.25, 0.3) is 0 Å². The van der Waals surface area contributed by atoms with Crippen LogP contribution in [0.1, 0.15) is 39.5 Å². The van der Waals surface area contributed by atoms with Crippen LogP contribution in [0.2, 0.25) is 0 Å². The van der Waals surface area contributed by atoms with Crippen LogP contribution in [0, 0.1) is 17.8 Å². The van der Waals surface area contributed by atoms with Gasteiger partial charge in [-0.3, -0.25) is 0 Å². The molecule has 92 valence electrons. The van der Waals surface area contributed by atoms with Crippen LogP contribution in [0.15, 0.2) is 12.2 Å². The van der Waals surface area contributed by atoms with Gasteiger partial charge in [-0.15, -0.1) is 0 Å². The Kier molecular flexibility index (Phi) is 4.04. The topological polar surface area (TPSA) is 32.3 Å². The lowest BCUT2D eigenvalue weighted by molar-refractivity contribution is 0.237. The van der Waals surface area contributed by atoms with Crippen LogP contribution in [-0.2, 0) is 0 Å². The molecule has 0 radical (unpaired) electrons. The monoisotopic (exact) mass is 223 g/mol. The molecule has 5 atom stereocenters. The smallest absolute Gasteiger partial charge is 0.0445 e. The van der Waals surface area contributed by atoms with Crippen LogP contribution in [0.3, 0.4) is 0 Å². The van der Waals surface area contributed by atoms with Crippen molar-refractivity contribution in [2.75, 3.05) is 6.61 Å². The van der Waals surface area contributed by atoms with Crippen LogP contribution in [0.5, 0.6) is 0 Å². The molecule has 0 aromatic carbocycles. The Morgan fingerprint density at radius 1 is 1.38 bits per heavy atom. The van der Waals surface area contributed by atoms with Crippen molar-refractivity contribution in [3.8, 4) is 0 Å². The van der Waals surface area contributed by atoms with E-state index in [4.69, 9.17) is 5.11 Å². The third-order valence-electron chi connectivity index (χ3n) is 4.44. The summed E-state index contributed by atoms with van der Waals surface area (Å²) in [6, 6.07) is 1.08. The molecule has 5 unspecified atom stereocenters. The van der Waals surface area contributed by atoms with E-state index in [-0.39, 0.29) is 0 Å². The van der Waals surface area contributed by atoms with E-state index in [1.54, 1.807) is 0 Å². The van der Waals surface area contributed by atoms with Gasteiger partial charge in [0.25, 0.3) is 0 Å². The Labute approximate surface area is 99.1 Å². The van der Waals surface area contributed by atoms with Gasteiger partial charge in [-0.25, -0.2) is 0 Å². The molecule has 0 aliphatic heterocycles. The second-order valence-corrected chi connectivity index (χ2v) is 5.52. The molecule has 0 saturated heterocycles. The summed E-state index contributed by atoms with van der Waals surface area (Å²) in [5, 5.41) is 12.7. The predicted molar refractivity (Wildman–Crippen MR) is 67.2 cm³/mol. The fraction of sp³-hybridized carbons (Fsp3) is 0.857. The van der Waals surface area contributed by atoms with E-state index < -0.39 is 0 Å². The second-order valence-electron chi connectivity index (χ2n) is 5.52. The summed E-state index contributed by atoms with van der Waals surface area (Å²) in [6.07, 6.45) is 9.57. The molecular formula is C14H25NO. The van der Waals surface area contributed by atoms with Gasteiger partial charge in [-0.2, -0.15) is 0 Å². The average Bonchev–Trinajstić information content (AvgIpc) is 2.89. The molecule has 0 aromatic heterocycles. The molecule has 16 heavy (non-hydrogen) atoms. The minimum Gasteiger partial charge on any atom is -0.396 e. The zero-order valence-electron chi connectivity index (χ0n) is 10.5. The lowest BCUT2D eigenvalue weighted by Crippen LogP contribution is -2.42. The molecule has 2 aliphatic carbocycles. The SMILES string of the molecule is CCC(CCO)NC(C)C1CC2C=CC1C2. The van der Waals surface area contributed by atoms with Crippen molar-refractivity contribution in [1.29, 1.82) is 0 Å². The van der Waals surface area contributed by atoms with E-state index in [1.807, 2.05) is 0 Å². The maximum atomic E-state index is 9.00. The maximum absolute atomic E-state index is 9.00.